The molecular weight excluding hydrogens is 365 g/mol. The van der Waals surface area contributed by atoms with E-state index in [9.17, 15) is 22.8 Å². The summed E-state index contributed by atoms with van der Waals surface area (Å²) in [4.78, 5) is 26.5. The standard InChI is InChI=1S/C17H13F3N4O3/c1-2-7-21-11-12(14(26)13(11)25)22-8-9-3-5-10(6-4-9)15-23-16(27-24-15)17(18,19)20/h2-6,21-22H,1,7-8H2. The molecule has 10 heteroatoms. The molecule has 3 rings (SSSR count). The van der Waals surface area contributed by atoms with Gasteiger partial charge in [-0.2, -0.15) is 18.2 Å². The normalized spacial score (nSPS) is 11.5. The lowest BCUT2D eigenvalue weighted by Gasteiger charge is -2.14. The summed E-state index contributed by atoms with van der Waals surface area (Å²) in [6.45, 7) is 4.11. The Hall–Kier alpha value is -3.43. The van der Waals surface area contributed by atoms with Crippen molar-refractivity contribution in [2.75, 3.05) is 17.2 Å². The van der Waals surface area contributed by atoms with E-state index in [4.69, 9.17) is 0 Å². The van der Waals surface area contributed by atoms with Crippen LogP contribution in [0.1, 0.15) is 11.5 Å². The van der Waals surface area contributed by atoms with Gasteiger partial charge in [0, 0.05) is 18.7 Å². The van der Waals surface area contributed by atoms with E-state index in [2.05, 4.69) is 31.9 Å². The summed E-state index contributed by atoms with van der Waals surface area (Å²) in [6, 6.07) is 6.32. The molecule has 2 aromatic carbocycles. The second-order valence-electron chi connectivity index (χ2n) is 5.55. The van der Waals surface area contributed by atoms with E-state index in [1.807, 2.05) is 0 Å². The monoisotopic (exact) mass is 378 g/mol. The Morgan fingerprint density at radius 2 is 1.70 bits per heavy atom. The van der Waals surface area contributed by atoms with Gasteiger partial charge >= 0.3 is 12.1 Å². The predicted octanol–water partition coefficient (Wildman–Crippen LogP) is 2.56. The number of hydrogen-bond donors (Lipinski definition) is 2. The van der Waals surface area contributed by atoms with E-state index in [1.54, 1.807) is 18.2 Å². The second kappa shape index (κ2) is 7.06. The molecular formula is C17H13F3N4O3. The van der Waals surface area contributed by atoms with Crippen LogP contribution in [-0.2, 0) is 12.7 Å². The Balaban J connectivity index is 1.68. The highest BCUT2D eigenvalue weighted by atomic mass is 19.4. The highest BCUT2D eigenvalue weighted by Crippen LogP contribution is 2.29. The average molecular weight is 378 g/mol. The fraction of sp³-hybridized carbons (Fsp3) is 0.176. The van der Waals surface area contributed by atoms with Crippen molar-refractivity contribution in [3.63, 3.8) is 0 Å². The molecule has 0 fully saturated rings. The molecule has 27 heavy (non-hydrogen) atoms. The first-order valence-electron chi connectivity index (χ1n) is 7.73. The zero-order valence-electron chi connectivity index (χ0n) is 13.8. The van der Waals surface area contributed by atoms with Crippen molar-refractivity contribution in [1.82, 2.24) is 10.1 Å². The molecule has 2 N–H and O–H groups in total. The maximum Gasteiger partial charge on any atom is 0.471 e. The Bertz CT molecular complexity index is 1030. The number of rotatable bonds is 7. The lowest BCUT2D eigenvalue weighted by atomic mass is 10.1. The number of anilines is 2. The predicted molar refractivity (Wildman–Crippen MR) is 92.1 cm³/mol. The molecule has 0 unspecified atom stereocenters. The van der Waals surface area contributed by atoms with Crippen LogP contribution in [0.2, 0.25) is 0 Å². The molecule has 0 spiro atoms. The molecule has 1 aromatic heterocycles. The van der Waals surface area contributed by atoms with Gasteiger partial charge in [-0.05, 0) is 5.56 Å². The summed E-state index contributed by atoms with van der Waals surface area (Å²) >= 11 is 0. The summed E-state index contributed by atoms with van der Waals surface area (Å²) in [7, 11) is 0. The number of nitrogens with zero attached hydrogens (tertiary/aromatic N) is 2. The maximum atomic E-state index is 12.5. The SMILES string of the molecule is C=CCNc1c(NCc2ccc(-c3noc(C(F)(F)F)n3)cc2)c(=O)c1=O. The van der Waals surface area contributed by atoms with Gasteiger partial charge in [0.25, 0.3) is 10.9 Å². The summed E-state index contributed by atoms with van der Waals surface area (Å²) in [5.74, 6) is -1.59. The first-order chi connectivity index (χ1) is 12.8. The van der Waals surface area contributed by atoms with Crippen LogP contribution in [0.25, 0.3) is 11.4 Å². The van der Waals surface area contributed by atoms with Crippen LogP contribution in [0, 0.1) is 0 Å². The molecule has 3 aromatic rings. The van der Waals surface area contributed by atoms with Crippen molar-refractivity contribution in [1.29, 1.82) is 0 Å². The number of alkyl halides is 3. The fourth-order valence-electron chi connectivity index (χ4n) is 2.32. The van der Waals surface area contributed by atoms with E-state index in [1.165, 1.54) is 12.1 Å². The quantitative estimate of drug-likeness (QED) is 0.482. The topological polar surface area (TPSA) is 97.1 Å². The molecule has 0 atom stereocenters. The third-order valence-electron chi connectivity index (χ3n) is 3.68. The molecule has 0 saturated carbocycles. The van der Waals surface area contributed by atoms with Crippen molar-refractivity contribution in [2.24, 2.45) is 0 Å². The Morgan fingerprint density at radius 3 is 2.26 bits per heavy atom. The Kier molecular flexibility index (Phi) is 4.80. The zero-order valence-corrected chi connectivity index (χ0v) is 13.8. The highest BCUT2D eigenvalue weighted by Gasteiger charge is 2.38. The first-order valence-corrected chi connectivity index (χ1v) is 7.73. The molecule has 0 aliphatic heterocycles. The minimum Gasteiger partial charge on any atom is -0.376 e. The molecule has 7 nitrogen and oxygen atoms in total. The minimum atomic E-state index is -4.70. The van der Waals surface area contributed by atoms with E-state index in [0.29, 0.717) is 12.1 Å². The van der Waals surface area contributed by atoms with Crippen LogP contribution >= 0.6 is 0 Å². The minimum absolute atomic E-state index is 0.180. The molecule has 1 heterocycles. The van der Waals surface area contributed by atoms with Gasteiger partial charge in [-0.25, -0.2) is 0 Å². The van der Waals surface area contributed by atoms with E-state index in [-0.39, 0.29) is 23.7 Å². The molecule has 0 aliphatic rings. The average Bonchev–Trinajstić information content (AvgIpc) is 3.14. The molecule has 0 saturated heterocycles. The van der Waals surface area contributed by atoms with Gasteiger partial charge in [-0.3, -0.25) is 9.59 Å². The van der Waals surface area contributed by atoms with Crippen molar-refractivity contribution >= 4 is 11.4 Å². The smallest absolute Gasteiger partial charge is 0.376 e. The summed E-state index contributed by atoms with van der Waals surface area (Å²) in [6.07, 6.45) is -3.14. The lowest BCUT2D eigenvalue weighted by molar-refractivity contribution is -0.159. The number of halogens is 3. The molecule has 0 aliphatic carbocycles. The van der Waals surface area contributed by atoms with Crippen LogP contribution in [0.15, 0.2) is 51.0 Å². The second-order valence-corrected chi connectivity index (χ2v) is 5.55. The Labute approximate surface area is 150 Å². The summed E-state index contributed by atoms with van der Waals surface area (Å²) in [5.41, 5.74) is 0.292. The van der Waals surface area contributed by atoms with Crippen LogP contribution < -0.4 is 21.5 Å². The molecule has 0 bridgehead atoms. The third-order valence-corrected chi connectivity index (χ3v) is 3.68. The number of nitrogens with one attached hydrogen (secondary N) is 2. The van der Waals surface area contributed by atoms with Crippen LogP contribution in [0.3, 0.4) is 0 Å². The third kappa shape index (κ3) is 3.73. The molecule has 0 amide bonds. The van der Waals surface area contributed by atoms with Gasteiger partial charge in [0.05, 0.1) is 0 Å². The first kappa shape index (κ1) is 18.4. The van der Waals surface area contributed by atoms with Gasteiger partial charge in [0.2, 0.25) is 5.82 Å². The zero-order chi connectivity index (χ0) is 19.6. The van der Waals surface area contributed by atoms with Gasteiger partial charge < -0.3 is 15.2 Å². The number of hydrogen-bond acceptors (Lipinski definition) is 7. The van der Waals surface area contributed by atoms with Gasteiger partial charge in [-0.15, -0.1) is 6.58 Å². The van der Waals surface area contributed by atoms with Gasteiger partial charge in [0.1, 0.15) is 11.4 Å². The van der Waals surface area contributed by atoms with Crippen LogP contribution in [0.5, 0.6) is 0 Å². The number of aromatic nitrogens is 2. The lowest BCUT2D eigenvalue weighted by Crippen LogP contribution is -2.37. The highest BCUT2D eigenvalue weighted by molar-refractivity contribution is 5.74. The molecule has 140 valence electrons. The van der Waals surface area contributed by atoms with E-state index in [0.717, 1.165) is 5.56 Å². The van der Waals surface area contributed by atoms with Crippen LogP contribution in [-0.4, -0.2) is 16.7 Å². The maximum absolute atomic E-state index is 12.5. The fourth-order valence-corrected chi connectivity index (χ4v) is 2.32. The largest absolute Gasteiger partial charge is 0.471 e. The van der Waals surface area contributed by atoms with Gasteiger partial charge in [0.15, 0.2) is 0 Å². The van der Waals surface area contributed by atoms with Crippen molar-refractivity contribution in [2.45, 2.75) is 12.7 Å². The van der Waals surface area contributed by atoms with Crippen molar-refractivity contribution in [3.05, 3.63) is 68.8 Å². The van der Waals surface area contributed by atoms with Crippen LogP contribution in [0.4, 0.5) is 24.5 Å². The summed E-state index contributed by atoms with van der Waals surface area (Å²) in [5, 5.41) is 8.97. The number of benzene rings is 1. The molecule has 0 radical (unpaired) electrons. The van der Waals surface area contributed by atoms with E-state index >= 15 is 0 Å². The van der Waals surface area contributed by atoms with Crippen molar-refractivity contribution < 1.29 is 17.7 Å². The van der Waals surface area contributed by atoms with E-state index < -0.39 is 22.9 Å². The summed E-state index contributed by atoms with van der Waals surface area (Å²) < 4.78 is 41.7. The van der Waals surface area contributed by atoms with Gasteiger partial charge in [-0.1, -0.05) is 35.5 Å². The van der Waals surface area contributed by atoms with Crippen molar-refractivity contribution in [3.8, 4) is 11.4 Å². The Morgan fingerprint density at radius 1 is 1.07 bits per heavy atom.